The molecule has 3 rings (SSSR count). The van der Waals surface area contributed by atoms with Gasteiger partial charge in [0.05, 0.1) is 12.7 Å². The normalized spacial score (nSPS) is 25.3. The summed E-state index contributed by atoms with van der Waals surface area (Å²) < 4.78 is 5.85. The number of para-hydroxylation sites is 1. The smallest absolute Gasteiger partial charge is 0.345 e. The van der Waals surface area contributed by atoms with Crippen molar-refractivity contribution in [3.63, 3.8) is 0 Å². The second kappa shape index (κ2) is 8.89. The Bertz CT molecular complexity index is 718. The Hall–Kier alpha value is -1.56. The van der Waals surface area contributed by atoms with Gasteiger partial charge in [0.15, 0.2) is 0 Å². The number of carbonyl (C=O) groups is 1. The lowest BCUT2D eigenvalue weighted by Crippen LogP contribution is -2.27. The van der Waals surface area contributed by atoms with Crippen molar-refractivity contribution in [1.29, 1.82) is 0 Å². The second-order valence-corrected chi connectivity index (χ2v) is 8.46. The number of thiophene rings is 1. The van der Waals surface area contributed by atoms with Crippen LogP contribution in [0.4, 0.5) is 0 Å². The number of carboxylic acid groups (broad SMARTS) is 1. The number of halogens is 1. The number of aliphatic hydroxyl groups is 1. The molecular weight excluding hydrogens is 372 g/mol. The van der Waals surface area contributed by atoms with Gasteiger partial charge in [-0.3, -0.25) is 0 Å². The largest absolute Gasteiger partial charge is 0.493 e. The zero-order chi connectivity index (χ0) is 18.5. The number of aryl methyl sites for hydroxylation is 1. The van der Waals surface area contributed by atoms with Crippen molar-refractivity contribution >= 4 is 28.9 Å². The standard InChI is InChI=1S/C20H23ClO4S/c21-17-11-18(22)16(12-25-13-5-2-1-3-6-13)15(17)8-4-7-14-9-10-19(26-14)20(23)24/h1-3,5-6,9-10,15-18,22H,4,7-8,11-12H2,(H,23,24)/t15-,16-,17-,18-/m1/s1. The van der Waals surface area contributed by atoms with Crippen molar-refractivity contribution in [2.45, 2.75) is 37.2 Å². The number of hydrogen-bond donors (Lipinski definition) is 2. The van der Waals surface area contributed by atoms with Gasteiger partial charge < -0.3 is 14.9 Å². The zero-order valence-corrected chi connectivity index (χ0v) is 16.0. The lowest BCUT2D eigenvalue weighted by Gasteiger charge is -2.23. The Morgan fingerprint density at radius 3 is 2.65 bits per heavy atom. The van der Waals surface area contributed by atoms with Gasteiger partial charge in [0, 0.05) is 16.2 Å². The third-order valence-electron chi connectivity index (χ3n) is 4.99. The highest BCUT2D eigenvalue weighted by molar-refractivity contribution is 7.13. The summed E-state index contributed by atoms with van der Waals surface area (Å²) in [6.07, 6.45) is 2.81. The SMILES string of the molecule is O=C(O)c1ccc(CCC[C@@H]2[C@@H](COc3ccccc3)[C@H](O)C[C@H]2Cl)s1. The first-order valence-electron chi connectivity index (χ1n) is 8.86. The molecule has 140 valence electrons. The monoisotopic (exact) mass is 394 g/mol. The molecule has 0 aliphatic heterocycles. The van der Waals surface area contributed by atoms with Gasteiger partial charge in [0.2, 0.25) is 0 Å². The third-order valence-corrected chi connectivity index (χ3v) is 6.63. The first-order valence-corrected chi connectivity index (χ1v) is 10.1. The van der Waals surface area contributed by atoms with Crippen LogP contribution in [0.5, 0.6) is 5.75 Å². The number of benzene rings is 1. The highest BCUT2D eigenvalue weighted by Crippen LogP contribution is 2.39. The van der Waals surface area contributed by atoms with E-state index in [4.69, 9.17) is 21.4 Å². The Balaban J connectivity index is 1.53. The summed E-state index contributed by atoms with van der Waals surface area (Å²) in [4.78, 5) is 12.4. The van der Waals surface area contributed by atoms with Gasteiger partial charge >= 0.3 is 5.97 Å². The van der Waals surface area contributed by atoms with Gasteiger partial charge in [-0.15, -0.1) is 22.9 Å². The van der Waals surface area contributed by atoms with Crippen molar-refractivity contribution in [3.8, 4) is 5.75 Å². The quantitative estimate of drug-likeness (QED) is 0.649. The Morgan fingerprint density at radius 1 is 1.19 bits per heavy atom. The number of rotatable bonds is 8. The third kappa shape index (κ3) is 4.78. The van der Waals surface area contributed by atoms with E-state index in [2.05, 4.69) is 0 Å². The molecule has 4 nitrogen and oxygen atoms in total. The first kappa shape index (κ1) is 19.2. The number of aromatic carboxylic acids is 1. The van der Waals surface area contributed by atoms with Gasteiger partial charge in [0.25, 0.3) is 0 Å². The van der Waals surface area contributed by atoms with Gasteiger partial charge in [-0.1, -0.05) is 18.2 Å². The number of hydrogen-bond acceptors (Lipinski definition) is 4. The van der Waals surface area contributed by atoms with Crippen LogP contribution in [0.1, 0.15) is 33.8 Å². The number of alkyl halides is 1. The van der Waals surface area contributed by atoms with E-state index < -0.39 is 12.1 Å². The number of carboxylic acids is 1. The van der Waals surface area contributed by atoms with Crippen molar-refractivity contribution in [2.75, 3.05) is 6.61 Å². The van der Waals surface area contributed by atoms with E-state index in [1.54, 1.807) is 6.07 Å². The average molecular weight is 395 g/mol. The predicted octanol–water partition coefficient (Wildman–Crippen LogP) is 4.45. The van der Waals surface area contributed by atoms with E-state index in [0.717, 1.165) is 29.9 Å². The fourth-order valence-corrected chi connectivity index (χ4v) is 5.00. The van der Waals surface area contributed by atoms with Gasteiger partial charge in [-0.25, -0.2) is 4.79 Å². The van der Waals surface area contributed by atoms with E-state index in [9.17, 15) is 9.90 Å². The van der Waals surface area contributed by atoms with E-state index in [1.807, 2.05) is 36.4 Å². The maximum absolute atomic E-state index is 11.0. The molecule has 2 aromatic rings. The van der Waals surface area contributed by atoms with E-state index in [-0.39, 0.29) is 17.2 Å². The summed E-state index contributed by atoms with van der Waals surface area (Å²) in [7, 11) is 0. The van der Waals surface area contributed by atoms with Crippen LogP contribution in [-0.2, 0) is 6.42 Å². The van der Waals surface area contributed by atoms with Crippen LogP contribution in [0.15, 0.2) is 42.5 Å². The van der Waals surface area contributed by atoms with Crippen molar-refractivity contribution in [2.24, 2.45) is 11.8 Å². The van der Waals surface area contributed by atoms with Crippen LogP contribution in [-0.4, -0.2) is 34.3 Å². The fraction of sp³-hybridized carbons (Fsp3) is 0.450. The van der Waals surface area contributed by atoms with Crippen molar-refractivity contribution in [1.82, 2.24) is 0 Å². The van der Waals surface area contributed by atoms with Gasteiger partial charge in [-0.05, 0) is 55.9 Å². The molecule has 0 spiro atoms. The molecular formula is C20H23ClO4S. The molecule has 1 aliphatic rings. The molecule has 1 saturated carbocycles. The lowest BCUT2D eigenvalue weighted by molar-refractivity contribution is 0.0701. The molecule has 0 amide bonds. The molecule has 1 aromatic carbocycles. The molecule has 1 aliphatic carbocycles. The summed E-state index contributed by atoms with van der Waals surface area (Å²) in [6.45, 7) is 0.460. The van der Waals surface area contributed by atoms with Gasteiger partial charge in [-0.2, -0.15) is 0 Å². The van der Waals surface area contributed by atoms with Crippen LogP contribution in [0, 0.1) is 11.8 Å². The summed E-state index contributed by atoms with van der Waals surface area (Å²) in [5.41, 5.74) is 0. The van der Waals surface area contributed by atoms with Crippen LogP contribution in [0.3, 0.4) is 0 Å². The summed E-state index contributed by atoms with van der Waals surface area (Å²) in [6, 6.07) is 13.1. The molecule has 2 N–H and O–H groups in total. The Kier molecular flexibility index (Phi) is 6.57. The highest BCUT2D eigenvalue weighted by atomic mass is 35.5. The molecule has 6 heteroatoms. The maximum atomic E-state index is 11.0. The lowest BCUT2D eigenvalue weighted by atomic mass is 9.90. The number of ether oxygens (including phenoxy) is 1. The molecule has 1 aromatic heterocycles. The molecule has 1 fully saturated rings. The molecule has 0 unspecified atom stereocenters. The van der Waals surface area contributed by atoms with Crippen LogP contribution in [0.25, 0.3) is 0 Å². The molecule has 0 saturated heterocycles. The second-order valence-electron chi connectivity index (χ2n) is 6.73. The highest BCUT2D eigenvalue weighted by Gasteiger charge is 2.41. The maximum Gasteiger partial charge on any atom is 0.345 e. The molecule has 0 radical (unpaired) electrons. The molecule has 1 heterocycles. The fourth-order valence-electron chi connectivity index (χ4n) is 3.61. The minimum absolute atomic E-state index is 0.0237. The molecule has 4 atom stereocenters. The van der Waals surface area contributed by atoms with E-state index in [1.165, 1.54) is 11.3 Å². The predicted molar refractivity (Wildman–Crippen MR) is 103 cm³/mol. The topological polar surface area (TPSA) is 66.8 Å². The van der Waals surface area contributed by atoms with E-state index in [0.29, 0.717) is 17.9 Å². The zero-order valence-electron chi connectivity index (χ0n) is 14.4. The summed E-state index contributed by atoms with van der Waals surface area (Å²) in [5.74, 6) is 0.153. The van der Waals surface area contributed by atoms with Crippen molar-refractivity contribution in [3.05, 3.63) is 52.2 Å². The van der Waals surface area contributed by atoms with Crippen LogP contribution in [0.2, 0.25) is 0 Å². The summed E-state index contributed by atoms with van der Waals surface area (Å²) >= 11 is 7.81. The van der Waals surface area contributed by atoms with Crippen LogP contribution < -0.4 is 4.74 Å². The van der Waals surface area contributed by atoms with Gasteiger partial charge in [0.1, 0.15) is 10.6 Å². The minimum Gasteiger partial charge on any atom is -0.493 e. The van der Waals surface area contributed by atoms with Crippen LogP contribution >= 0.6 is 22.9 Å². The van der Waals surface area contributed by atoms with E-state index >= 15 is 0 Å². The Labute approximate surface area is 162 Å². The summed E-state index contributed by atoms with van der Waals surface area (Å²) in [5, 5.41) is 19.3. The number of aliphatic hydroxyl groups excluding tert-OH is 1. The average Bonchev–Trinajstić information content (AvgIpc) is 3.19. The Morgan fingerprint density at radius 2 is 1.96 bits per heavy atom. The molecule has 26 heavy (non-hydrogen) atoms. The first-order chi connectivity index (χ1) is 12.5. The minimum atomic E-state index is -0.876. The van der Waals surface area contributed by atoms with Crippen molar-refractivity contribution < 1.29 is 19.7 Å². The molecule has 0 bridgehead atoms.